The summed E-state index contributed by atoms with van der Waals surface area (Å²) in [6.07, 6.45) is 3.88. The van der Waals surface area contributed by atoms with E-state index in [4.69, 9.17) is 10.8 Å². The first-order valence-electron chi connectivity index (χ1n) is 6.04. The van der Waals surface area contributed by atoms with Gasteiger partial charge in [0.15, 0.2) is 0 Å². The van der Waals surface area contributed by atoms with Gasteiger partial charge in [-0.1, -0.05) is 43.3 Å². The molecule has 1 heterocycles. The van der Waals surface area contributed by atoms with Gasteiger partial charge in [-0.15, -0.1) is 0 Å². The Hall–Kier alpha value is -2.20. The number of carboxylic acids is 1. The van der Waals surface area contributed by atoms with E-state index in [1.807, 2.05) is 24.3 Å². The molecule has 2 aromatic rings. The number of aliphatic carboxylic acids is 1. The van der Waals surface area contributed by atoms with Crippen LogP contribution < -0.4 is 5.73 Å². The molecular weight excluding hydrogens is 240 g/mol. The lowest BCUT2D eigenvalue weighted by Crippen LogP contribution is -2.44. The number of nitrogens with two attached hydrogens (primary N) is 1. The van der Waals surface area contributed by atoms with Crippen LogP contribution >= 0.6 is 0 Å². The largest absolute Gasteiger partial charge is 0.480 e. The summed E-state index contributed by atoms with van der Waals surface area (Å²) < 4.78 is 0. The van der Waals surface area contributed by atoms with Crippen LogP contribution in [0.3, 0.4) is 0 Å². The topological polar surface area (TPSA) is 76.2 Å². The molecule has 0 saturated heterocycles. The van der Waals surface area contributed by atoms with Gasteiger partial charge >= 0.3 is 5.97 Å². The Kier molecular flexibility index (Phi) is 5.70. The lowest BCUT2D eigenvalue weighted by atomic mass is 9.89. The van der Waals surface area contributed by atoms with Crippen LogP contribution in [0.15, 0.2) is 60.9 Å². The maximum Gasteiger partial charge on any atom is 0.328 e. The van der Waals surface area contributed by atoms with Crippen molar-refractivity contribution in [2.24, 2.45) is 5.73 Å². The second-order valence-corrected chi connectivity index (χ2v) is 4.02. The highest BCUT2D eigenvalue weighted by Crippen LogP contribution is 2.21. The number of hydrogen-bond donors (Lipinski definition) is 2. The van der Waals surface area contributed by atoms with Crippen molar-refractivity contribution >= 4 is 5.97 Å². The highest BCUT2D eigenvalue weighted by atomic mass is 16.4. The zero-order valence-electron chi connectivity index (χ0n) is 10.9. The van der Waals surface area contributed by atoms with Crippen molar-refractivity contribution in [1.29, 1.82) is 0 Å². The van der Waals surface area contributed by atoms with Crippen molar-refractivity contribution in [3.8, 4) is 0 Å². The zero-order chi connectivity index (χ0) is 14.1. The molecule has 2 rings (SSSR count). The first kappa shape index (κ1) is 14.9. The zero-order valence-corrected chi connectivity index (χ0v) is 10.9. The molecule has 19 heavy (non-hydrogen) atoms. The minimum atomic E-state index is -1.25. The van der Waals surface area contributed by atoms with Crippen molar-refractivity contribution in [3.05, 3.63) is 66.5 Å². The summed E-state index contributed by atoms with van der Waals surface area (Å²) in [7, 11) is 0. The summed E-state index contributed by atoms with van der Waals surface area (Å²) in [6.45, 7) is 1.76. The molecule has 100 valence electrons. The van der Waals surface area contributed by atoms with Crippen molar-refractivity contribution in [1.82, 2.24) is 4.98 Å². The van der Waals surface area contributed by atoms with Crippen molar-refractivity contribution < 1.29 is 9.90 Å². The Morgan fingerprint density at radius 1 is 1.16 bits per heavy atom. The molecule has 0 fully saturated rings. The summed E-state index contributed by atoms with van der Waals surface area (Å²) in [5.74, 6) is -0.985. The molecule has 0 spiro atoms. The van der Waals surface area contributed by atoms with Gasteiger partial charge in [0.2, 0.25) is 0 Å². The van der Waals surface area contributed by atoms with Gasteiger partial charge in [0.1, 0.15) is 5.54 Å². The molecule has 4 heteroatoms. The second-order valence-electron chi connectivity index (χ2n) is 4.02. The molecule has 0 saturated carbocycles. The highest BCUT2D eigenvalue weighted by molar-refractivity contribution is 5.80. The fraction of sp³-hybridized carbons (Fsp3) is 0.200. The Morgan fingerprint density at radius 2 is 1.68 bits per heavy atom. The molecule has 0 aliphatic heterocycles. The number of rotatable bonds is 3. The molecule has 1 aromatic heterocycles. The number of nitrogens with zero attached hydrogens (tertiary/aromatic N) is 1. The van der Waals surface area contributed by atoms with E-state index in [9.17, 15) is 4.79 Å². The van der Waals surface area contributed by atoms with Crippen LogP contribution in [0, 0.1) is 0 Å². The Morgan fingerprint density at radius 3 is 2.00 bits per heavy atom. The quantitative estimate of drug-likeness (QED) is 0.886. The molecule has 4 nitrogen and oxygen atoms in total. The molecule has 1 aromatic carbocycles. The van der Waals surface area contributed by atoms with Gasteiger partial charge in [-0.2, -0.15) is 0 Å². The van der Waals surface area contributed by atoms with E-state index in [1.54, 1.807) is 43.6 Å². The number of carbonyl (C=O) groups is 1. The standard InChI is InChI=1S/C10H13NO2.C5H5N/c1-2-10(11,9(12)13)8-6-4-3-5-7-8;1-2-4-6-5-3-1/h3-7H,2,11H2,1H3,(H,12,13);1-5H. The lowest BCUT2D eigenvalue weighted by molar-refractivity contribution is -0.143. The average molecular weight is 258 g/mol. The van der Waals surface area contributed by atoms with Crippen LogP contribution in [0.5, 0.6) is 0 Å². The number of pyridine rings is 1. The summed E-state index contributed by atoms with van der Waals surface area (Å²) in [5, 5.41) is 8.96. The fourth-order valence-electron chi connectivity index (χ4n) is 1.53. The third-order valence-corrected chi connectivity index (χ3v) is 2.79. The van der Waals surface area contributed by atoms with Crippen LogP contribution in [0.25, 0.3) is 0 Å². The van der Waals surface area contributed by atoms with Crippen LogP contribution in [-0.4, -0.2) is 16.1 Å². The normalized spacial score (nSPS) is 12.7. The summed E-state index contributed by atoms with van der Waals surface area (Å²) >= 11 is 0. The van der Waals surface area contributed by atoms with Gasteiger partial charge in [-0.05, 0) is 24.1 Å². The third kappa shape index (κ3) is 4.19. The first-order chi connectivity index (χ1) is 9.11. The number of hydrogen-bond acceptors (Lipinski definition) is 3. The van der Waals surface area contributed by atoms with Gasteiger partial charge in [0, 0.05) is 12.4 Å². The maximum absolute atomic E-state index is 10.9. The summed E-state index contributed by atoms with van der Waals surface area (Å²) in [5.41, 5.74) is 5.16. The van der Waals surface area contributed by atoms with Gasteiger partial charge in [0.25, 0.3) is 0 Å². The van der Waals surface area contributed by atoms with E-state index in [1.165, 1.54) is 0 Å². The molecule has 0 bridgehead atoms. The van der Waals surface area contributed by atoms with E-state index < -0.39 is 11.5 Å². The van der Waals surface area contributed by atoms with Gasteiger partial charge in [-0.3, -0.25) is 4.98 Å². The van der Waals surface area contributed by atoms with Crippen molar-refractivity contribution in [2.45, 2.75) is 18.9 Å². The SMILES string of the molecule is CCC(N)(C(=O)O)c1ccccc1.c1ccncc1. The molecule has 1 unspecified atom stereocenters. The van der Waals surface area contributed by atoms with Crippen LogP contribution in [0.4, 0.5) is 0 Å². The van der Waals surface area contributed by atoms with Crippen LogP contribution in [0.1, 0.15) is 18.9 Å². The van der Waals surface area contributed by atoms with E-state index in [0.29, 0.717) is 12.0 Å². The van der Waals surface area contributed by atoms with E-state index in [-0.39, 0.29) is 0 Å². The molecular formula is C15H18N2O2. The molecule has 0 aliphatic carbocycles. The van der Waals surface area contributed by atoms with Crippen LogP contribution in [-0.2, 0) is 10.3 Å². The van der Waals surface area contributed by atoms with E-state index >= 15 is 0 Å². The van der Waals surface area contributed by atoms with E-state index in [0.717, 1.165) is 0 Å². The highest BCUT2D eigenvalue weighted by Gasteiger charge is 2.33. The summed E-state index contributed by atoms with van der Waals surface area (Å²) in [4.78, 5) is 14.7. The fourth-order valence-corrected chi connectivity index (χ4v) is 1.53. The van der Waals surface area contributed by atoms with Crippen LogP contribution in [0.2, 0.25) is 0 Å². The number of benzene rings is 1. The van der Waals surface area contributed by atoms with Gasteiger partial charge in [0.05, 0.1) is 0 Å². The number of carboxylic acid groups (broad SMARTS) is 1. The lowest BCUT2D eigenvalue weighted by Gasteiger charge is -2.23. The monoisotopic (exact) mass is 258 g/mol. The van der Waals surface area contributed by atoms with Gasteiger partial charge in [-0.25, -0.2) is 4.79 Å². The Balaban J connectivity index is 0.000000250. The number of aromatic nitrogens is 1. The Labute approximate surface area is 112 Å². The average Bonchev–Trinajstić information content (AvgIpc) is 2.49. The predicted molar refractivity (Wildman–Crippen MR) is 74.5 cm³/mol. The Bertz CT molecular complexity index is 461. The molecule has 0 amide bonds. The molecule has 0 radical (unpaired) electrons. The van der Waals surface area contributed by atoms with Crippen molar-refractivity contribution in [2.75, 3.05) is 0 Å². The summed E-state index contributed by atoms with van der Waals surface area (Å²) in [6, 6.07) is 14.6. The minimum absolute atomic E-state index is 0.381. The van der Waals surface area contributed by atoms with Gasteiger partial charge < -0.3 is 10.8 Å². The second kappa shape index (κ2) is 7.28. The minimum Gasteiger partial charge on any atom is -0.480 e. The third-order valence-electron chi connectivity index (χ3n) is 2.79. The van der Waals surface area contributed by atoms with E-state index in [2.05, 4.69) is 4.98 Å². The smallest absolute Gasteiger partial charge is 0.328 e. The first-order valence-corrected chi connectivity index (χ1v) is 6.04. The molecule has 3 N–H and O–H groups in total. The van der Waals surface area contributed by atoms with Crippen molar-refractivity contribution in [3.63, 3.8) is 0 Å². The molecule has 0 aliphatic rings. The predicted octanol–water partition coefficient (Wildman–Crippen LogP) is 2.42. The molecule has 1 atom stereocenters. The maximum atomic E-state index is 10.9.